The van der Waals surface area contributed by atoms with E-state index in [0.717, 1.165) is 5.01 Å². The molecule has 0 atom stereocenters. The van der Waals surface area contributed by atoms with Crippen molar-refractivity contribution in [2.75, 3.05) is 18.0 Å². The minimum absolute atomic E-state index is 0.0308. The first-order valence-electron chi connectivity index (χ1n) is 4.69. The van der Waals surface area contributed by atoms with Crippen LogP contribution in [-0.4, -0.2) is 29.9 Å². The van der Waals surface area contributed by atoms with E-state index in [1.807, 2.05) is 0 Å². The molecule has 16 heavy (non-hydrogen) atoms. The average molecular weight is 240 g/mol. The summed E-state index contributed by atoms with van der Waals surface area (Å²) in [4.78, 5) is 24.4. The highest BCUT2D eigenvalue weighted by molar-refractivity contribution is 6.30. The van der Waals surface area contributed by atoms with Crippen LogP contribution < -0.4 is 10.7 Å². The lowest BCUT2D eigenvalue weighted by molar-refractivity contribution is -0.138. The number of benzene rings is 1. The molecule has 84 valence electrons. The molecule has 1 heterocycles. The van der Waals surface area contributed by atoms with Crippen LogP contribution in [-0.2, 0) is 9.59 Å². The van der Waals surface area contributed by atoms with Crippen LogP contribution in [0.1, 0.15) is 0 Å². The van der Waals surface area contributed by atoms with Gasteiger partial charge in [0.15, 0.2) is 0 Å². The predicted octanol–water partition coefficient (Wildman–Crippen LogP) is 0.389. The van der Waals surface area contributed by atoms with Crippen molar-refractivity contribution in [2.24, 2.45) is 5.84 Å². The van der Waals surface area contributed by atoms with Crippen LogP contribution in [0, 0.1) is 0 Å². The summed E-state index contributed by atoms with van der Waals surface area (Å²) in [7, 11) is 0. The van der Waals surface area contributed by atoms with Crippen LogP contribution >= 0.6 is 11.6 Å². The van der Waals surface area contributed by atoms with Gasteiger partial charge in [-0.2, -0.15) is 0 Å². The fourth-order valence-corrected chi connectivity index (χ4v) is 1.62. The summed E-state index contributed by atoms with van der Waals surface area (Å²) in [6, 6.07) is 6.73. The molecule has 1 aromatic rings. The van der Waals surface area contributed by atoms with Gasteiger partial charge in [0.1, 0.15) is 13.1 Å². The molecule has 6 heteroatoms. The molecule has 0 bridgehead atoms. The molecule has 0 saturated carbocycles. The van der Waals surface area contributed by atoms with Gasteiger partial charge in [-0.05, 0) is 24.3 Å². The van der Waals surface area contributed by atoms with Gasteiger partial charge >= 0.3 is 0 Å². The zero-order valence-electron chi connectivity index (χ0n) is 8.39. The Morgan fingerprint density at radius 1 is 1.06 bits per heavy atom. The zero-order valence-corrected chi connectivity index (χ0v) is 9.15. The molecule has 1 aromatic carbocycles. The molecule has 1 fully saturated rings. The van der Waals surface area contributed by atoms with Crippen molar-refractivity contribution in [1.29, 1.82) is 0 Å². The zero-order chi connectivity index (χ0) is 11.7. The fourth-order valence-electron chi connectivity index (χ4n) is 1.49. The summed E-state index contributed by atoms with van der Waals surface area (Å²) in [5, 5.41) is 1.51. The molecule has 0 aliphatic carbocycles. The van der Waals surface area contributed by atoms with E-state index < -0.39 is 0 Å². The molecule has 2 amide bonds. The Kier molecular flexibility index (Phi) is 2.80. The van der Waals surface area contributed by atoms with Crippen LogP contribution in [0.3, 0.4) is 0 Å². The summed E-state index contributed by atoms with van der Waals surface area (Å²) < 4.78 is 0. The standard InChI is InChI=1S/C10H10ClN3O2/c11-7-1-3-8(4-2-7)13-5-10(16)14(12)6-9(13)15/h1-4H,5-6,12H2. The first-order chi connectivity index (χ1) is 7.58. The number of nitrogens with zero attached hydrogens (tertiary/aromatic N) is 2. The second-order valence-corrected chi connectivity index (χ2v) is 3.91. The van der Waals surface area contributed by atoms with E-state index in [4.69, 9.17) is 17.4 Å². The van der Waals surface area contributed by atoms with Crippen molar-refractivity contribution in [3.63, 3.8) is 0 Å². The lowest BCUT2D eigenvalue weighted by atomic mass is 10.2. The second-order valence-electron chi connectivity index (χ2n) is 3.48. The molecular weight excluding hydrogens is 230 g/mol. The molecule has 1 aliphatic heterocycles. The van der Waals surface area contributed by atoms with Gasteiger partial charge in [0.25, 0.3) is 5.91 Å². The number of anilines is 1. The van der Waals surface area contributed by atoms with Crippen LogP contribution in [0.2, 0.25) is 5.02 Å². The van der Waals surface area contributed by atoms with Gasteiger partial charge in [-0.25, -0.2) is 5.84 Å². The van der Waals surface area contributed by atoms with Crippen LogP contribution in [0.25, 0.3) is 0 Å². The normalized spacial score (nSPS) is 16.9. The van der Waals surface area contributed by atoms with E-state index >= 15 is 0 Å². The number of halogens is 1. The van der Waals surface area contributed by atoms with Gasteiger partial charge < -0.3 is 4.90 Å². The molecule has 2 rings (SSSR count). The highest BCUT2D eigenvalue weighted by atomic mass is 35.5. The molecule has 5 nitrogen and oxygen atoms in total. The number of carbonyl (C=O) groups excluding carboxylic acids is 2. The van der Waals surface area contributed by atoms with Gasteiger partial charge in [0.2, 0.25) is 5.91 Å². The number of hydrogen-bond acceptors (Lipinski definition) is 3. The smallest absolute Gasteiger partial charge is 0.257 e. The number of piperazine rings is 1. The first-order valence-corrected chi connectivity index (χ1v) is 5.07. The quantitative estimate of drug-likeness (QED) is 0.570. The summed E-state index contributed by atoms with van der Waals surface area (Å²) in [5.41, 5.74) is 0.649. The molecule has 0 spiro atoms. The Hall–Kier alpha value is -1.59. The van der Waals surface area contributed by atoms with Gasteiger partial charge in [-0.3, -0.25) is 14.6 Å². The van der Waals surface area contributed by atoms with Crippen LogP contribution in [0.5, 0.6) is 0 Å². The fraction of sp³-hybridized carbons (Fsp3) is 0.200. The van der Waals surface area contributed by atoms with Gasteiger partial charge in [0, 0.05) is 10.7 Å². The highest BCUT2D eigenvalue weighted by Gasteiger charge is 2.28. The van der Waals surface area contributed by atoms with E-state index in [2.05, 4.69) is 0 Å². The molecule has 1 aliphatic rings. The number of hydrogen-bond donors (Lipinski definition) is 1. The minimum atomic E-state index is -0.283. The van der Waals surface area contributed by atoms with E-state index in [0.29, 0.717) is 10.7 Å². The maximum absolute atomic E-state index is 11.7. The van der Waals surface area contributed by atoms with Crippen LogP contribution in [0.15, 0.2) is 24.3 Å². The van der Waals surface area contributed by atoms with Crippen molar-refractivity contribution < 1.29 is 9.59 Å². The van der Waals surface area contributed by atoms with Crippen molar-refractivity contribution in [3.8, 4) is 0 Å². The Labute approximate surface area is 97.3 Å². The lowest BCUT2D eigenvalue weighted by Gasteiger charge is -2.31. The Morgan fingerprint density at radius 2 is 1.69 bits per heavy atom. The maximum atomic E-state index is 11.7. The molecule has 0 unspecified atom stereocenters. The van der Waals surface area contributed by atoms with Crippen molar-refractivity contribution >= 4 is 29.1 Å². The molecule has 0 aromatic heterocycles. The minimum Gasteiger partial charge on any atom is -0.301 e. The number of amides is 2. The van der Waals surface area contributed by atoms with Gasteiger partial charge in [-0.15, -0.1) is 0 Å². The van der Waals surface area contributed by atoms with E-state index in [1.165, 1.54) is 4.90 Å². The van der Waals surface area contributed by atoms with E-state index in [9.17, 15) is 9.59 Å². The molecule has 2 N–H and O–H groups in total. The SMILES string of the molecule is NN1CC(=O)N(c2ccc(Cl)cc2)CC1=O. The molecule has 0 radical (unpaired) electrons. The van der Waals surface area contributed by atoms with Crippen molar-refractivity contribution in [3.05, 3.63) is 29.3 Å². The summed E-state index contributed by atoms with van der Waals surface area (Å²) in [6.07, 6.45) is 0. The Morgan fingerprint density at radius 3 is 2.31 bits per heavy atom. The molecular formula is C10H10ClN3O2. The topological polar surface area (TPSA) is 66.6 Å². The van der Waals surface area contributed by atoms with Crippen LogP contribution in [0.4, 0.5) is 5.69 Å². The third-order valence-corrected chi connectivity index (χ3v) is 2.61. The van der Waals surface area contributed by atoms with Gasteiger partial charge in [0.05, 0.1) is 0 Å². The number of rotatable bonds is 1. The average Bonchev–Trinajstić information content (AvgIpc) is 2.25. The first kappa shape index (κ1) is 10.9. The van der Waals surface area contributed by atoms with Gasteiger partial charge in [-0.1, -0.05) is 11.6 Å². The summed E-state index contributed by atoms with van der Waals surface area (Å²) >= 11 is 5.74. The summed E-state index contributed by atoms with van der Waals surface area (Å²) in [5.74, 6) is 4.86. The Balaban J connectivity index is 2.24. The Bertz CT molecular complexity index is 432. The summed E-state index contributed by atoms with van der Waals surface area (Å²) in [6.45, 7) is -0.127. The number of hydrazine groups is 1. The maximum Gasteiger partial charge on any atom is 0.257 e. The number of nitrogens with two attached hydrogens (primary N) is 1. The van der Waals surface area contributed by atoms with Crippen molar-refractivity contribution in [1.82, 2.24) is 5.01 Å². The second kappa shape index (κ2) is 4.11. The predicted molar refractivity (Wildman–Crippen MR) is 59.7 cm³/mol. The van der Waals surface area contributed by atoms with E-state index in [1.54, 1.807) is 24.3 Å². The molecule has 1 saturated heterocycles. The third kappa shape index (κ3) is 2.00. The third-order valence-electron chi connectivity index (χ3n) is 2.36. The largest absolute Gasteiger partial charge is 0.301 e. The lowest BCUT2D eigenvalue weighted by Crippen LogP contribution is -2.56. The van der Waals surface area contributed by atoms with E-state index in [-0.39, 0.29) is 24.9 Å². The number of carbonyl (C=O) groups is 2. The monoisotopic (exact) mass is 239 g/mol. The van der Waals surface area contributed by atoms with Crippen molar-refractivity contribution in [2.45, 2.75) is 0 Å². The highest BCUT2D eigenvalue weighted by Crippen LogP contribution is 2.19.